The van der Waals surface area contributed by atoms with Crippen LogP contribution >= 0.6 is 11.6 Å². The first-order valence-electron chi connectivity index (χ1n) is 15.9. The molecule has 2 saturated heterocycles. The molecule has 0 bridgehead atoms. The van der Waals surface area contributed by atoms with E-state index in [1.54, 1.807) is 36.3 Å². The molecular weight excluding hydrogens is 606 g/mol. The lowest BCUT2D eigenvalue weighted by atomic mass is 9.44. The Morgan fingerprint density at radius 2 is 1.87 bits per heavy atom. The Balaban J connectivity index is 1.26. The molecule has 9 unspecified atom stereocenters. The molecule has 7 rings (SSSR count). The molecule has 0 spiro atoms. The summed E-state index contributed by atoms with van der Waals surface area (Å²) in [5, 5.41) is 17.2. The van der Waals surface area contributed by atoms with E-state index < -0.39 is 76.3 Å². The van der Waals surface area contributed by atoms with E-state index in [1.165, 1.54) is 18.2 Å². The van der Waals surface area contributed by atoms with Gasteiger partial charge in [-0.25, -0.2) is 8.78 Å². The van der Waals surface area contributed by atoms with Crippen LogP contribution in [0.3, 0.4) is 0 Å². The number of ketones is 2. The van der Waals surface area contributed by atoms with Crippen molar-refractivity contribution < 1.29 is 37.8 Å². The summed E-state index contributed by atoms with van der Waals surface area (Å²) in [7, 11) is 0. The van der Waals surface area contributed by atoms with Crippen molar-refractivity contribution in [3.63, 3.8) is 0 Å². The number of fused-ring (bicyclic) bond motifs is 7. The Labute approximate surface area is 266 Å². The molecule has 11 heteroatoms. The van der Waals surface area contributed by atoms with E-state index >= 15 is 8.78 Å². The number of halogens is 3. The quantitative estimate of drug-likeness (QED) is 0.452. The number of carbonyl (C=O) groups excluding carboxylic acids is 3. The maximum Gasteiger partial charge on any atom is 0.309 e. The number of allylic oxidation sites excluding steroid dienone is 4. The van der Waals surface area contributed by atoms with Crippen LogP contribution in [0.1, 0.15) is 46.0 Å². The molecule has 8 nitrogen and oxygen atoms in total. The van der Waals surface area contributed by atoms with Crippen LogP contribution in [0, 0.1) is 34.5 Å². The van der Waals surface area contributed by atoms with Gasteiger partial charge in [0.1, 0.15) is 6.17 Å². The van der Waals surface area contributed by atoms with Gasteiger partial charge in [-0.15, -0.1) is 0 Å². The fourth-order valence-electron chi connectivity index (χ4n) is 9.93. The highest BCUT2D eigenvalue weighted by molar-refractivity contribution is 6.30. The van der Waals surface area contributed by atoms with E-state index in [0.29, 0.717) is 49.6 Å². The van der Waals surface area contributed by atoms with Crippen LogP contribution in [0.4, 0.5) is 14.5 Å². The van der Waals surface area contributed by atoms with Crippen molar-refractivity contribution >= 4 is 34.8 Å². The number of rotatable bonds is 5. The number of anilines is 1. The van der Waals surface area contributed by atoms with Crippen molar-refractivity contribution in [2.75, 3.05) is 31.3 Å². The largest absolute Gasteiger partial charge is 0.457 e. The third kappa shape index (κ3) is 4.27. The van der Waals surface area contributed by atoms with Crippen molar-refractivity contribution in [1.29, 1.82) is 0 Å². The summed E-state index contributed by atoms with van der Waals surface area (Å²) >= 11 is 6.13. The van der Waals surface area contributed by atoms with Crippen LogP contribution in [-0.4, -0.2) is 72.4 Å². The second-order valence-electron chi connectivity index (χ2n) is 14.2. The Hall–Kier alpha value is -2.66. The molecule has 1 aromatic carbocycles. The van der Waals surface area contributed by atoms with Gasteiger partial charge in [0.25, 0.3) is 0 Å². The smallest absolute Gasteiger partial charge is 0.309 e. The van der Waals surface area contributed by atoms with Crippen molar-refractivity contribution in [2.45, 2.75) is 69.5 Å². The summed E-state index contributed by atoms with van der Waals surface area (Å²) in [5.41, 5.74) is -5.76. The van der Waals surface area contributed by atoms with E-state index in [0.717, 1.165) is 0 Å². The second kappa shape index (κ2) is 10.7. The number of aliphatic hydroxyl groups excluding tert-OH is 1. The highest BCUT2D eigenvalue weighted by Crippen LogP contribution is 2.72. The van der Waals surface area contributed by atoms with E-state index in [4.69, 9.17) is 21.2 Å². The van der Waals surface area contributed by atoms with E-state index in [-0.39, 0.29) is 24.3 Å². The summed E-state index contributed by atoms with van der Waals surface area (Å²) in [6.07, 6.45) is 1.88. The van der Waals surface area contributed by atoms with Crippen LogP contribution in [0.5, 0.6) is 0 Å². The summed E-state index contributed by atoms with van der Waals surface area (Å²) in [5.74, 6) is -3.53. The lowest BCUT2D eigenvalue weighted by molar-refractivity contribution is -0.228. The number of nitrogens with zero attached hydrogens (tertiary/aromatic N) is 1. The normalized spacial score (nSPS) is 42.4. The molecule has 6 aliphatic rings. The number of carbonyl (C=O) groups is 3. The predicted octanol–water partition coefficient (Wildman–Crippen LogP) is 4.49. The molecule has 2 heterocycles. The summed E-state index contributed by atoms with van der Waals surface area (Å²) in [6.45, 7) is 4.55. The standard InChI is InChI=1S/C34H39ClF2N2O6/c1-31-10-7-23(40)14-26(31)27(36)15-25-24-13-20-17-39(22-5-3-21(35)4-6-22)45-34(20,32(24,2)16-28(41)33(25,31)37)29(42)18-44-30(43)19-8-11-38-12-9-19/h3-7,10,14,19-20,24-25,27-28,38,41H,8-9,11-13,15-18H2,1-2H3. The Morgan fingerprint density at radius 3 is 2.58 bits per heavy atom. The monoisotopic (exact) mass is 644 g/mol. The van der Waals surface area contributed by atoms with Gasteiger partial charge < -0.3 is 15.2 Å². The van der Waals surface area contributed by atoms with Crippen LogP contribution in [0.25, 0.3) is 0 Å². The molecule has 5 fully saturated rings. The molecule has 2 aliphatic heterocycles. The van der Waals surface area contributed by atoms with Gasteiger partial charge in [-0.05, 0) is 100 Å². The molecule has 1 aromatic rings. The molecular formula is C34H39ClF2N2O6. The zero-order valence-electron chi connectivity index (χ0n) is 25.4. The number of hydrogen-bond acceptors (Lipinski definition) is 8. The first-order chi connectivity index (χ1) is 21.3. The van der Waals surface area contributed by atoms with Crippen LogP contribution in [0.15, 0.2) is 48.1 Å². The van der Waals surface area contributed by atoms with Crippen molar-refractivity contribution in [1.82, 2.24) is 5.32 Å². The molecule has 45 heavy (non-hydrogen) atoms. The average molecular weight is 645 g/mol. The van der Waals surface area contributed by atoms with Gasteiger partial charge in [-0.1, -0.05) is 24.6 Å². The van der Waals surface area contributed by atoms with Gasteiger partial charge >= 0.3 is 5.97 Å². The lowest BCUT2D eigenvalue weighted by Gasteiger charge is -2.63. The van der Waals surface area contributed by atoms with Gasteiger partial charge in [-0.3, -0.25) is 24.3 Å². The number of ether oxygens (including phenoxy) is 1. The van der Waals surface area contributed by atoms with Gasteiger partial charge in [0.15, 0.2) is 23.7 Å². The minimum Gasteiger partial charge on any atom is -0.457 e. The first kappa shape index (κ1) is 31.0. The lowest BCUT2D eigenvalue weighted by Crippen LogP contribution is -2.70. The topological polar surface area (TPSA) is 105 Å². The number of benzene rings is 1. The van der Waals surface area contributed by atoms with E-state index in [2.05, 4.69) is 5.32 Å². The number of hydroxylamine groups is 1. The Morgan fingerprint density at radius 1 is 1.16 bits per heavy atom. The summed E-state index contributed by atoms with van der Waals surface area (Å²) in [6, 6.07) is 6.99. The van der Waals surface area contributed by atoms with Gasteiger partial charge in [-0.2, -0.15) is 0 Å². The third-order valence-electron chi connectivity index (χ3n) is 12.2. The van der Waals surface area contributed by atoms with Gasteiger partial charge in [0.2, 0.25) is 5.78 Å². The first-order valence-corrected chi connectivity index (χ1v) is 16.3. The average Bonchev–Trinajstić information content (AvgIpc) is 3.52. The maximum absolute atomic E-state index is 17.7. The van der Waals surface area contributed by atoms with Crippen molar-refractivity contribution in [2.24, 2.45) is 34.5 Å². The van der Waals surface area contributed by atoms with E-state index in [1.807, 2.05) is 6.92 Å². The molecule has 4 aliphatic carbocycles. The number of esters is 1. The molecule has 0 radical (unpaired) electrons. The zero-order valence-corrected chi connectivity index (χ0v) is 26.2. The maximum atomic E-state index is 17.7. The highest BCUT2D eigenvalue weighted by atomic mass is 35.5. The van der Waals surface area contributed by atoms with Crippen molar-refractivity contribution in [3.8, 4) is 0 Å². The van der Waals surface area contributed by atoms with E-state index in [9.17, 15) is 19.5 Å². The number of piperidine rings is 1. The summed E-state index contributed by atoms with van der Waals surface area (Å²) in [4.78, 5) is 46.3. The SMILES string of the molecule is CC12C=CC(=O)C=C1C(F)CC1C3CC4CN(c5ccc(Cl)cc5)OC4(C(=O)COC(=O)C4CCNCC4)C3(C)CC(O)C12F. The fraction of sp³-hybridized carbons (Fsp3) is 0.618. The third-order valence-corrected chi connectivity index (χ3v) is 12.4. The van der Waals surface area contributed by atoms with Crippen LogP contribution in [0.2, 0.25) is 5.02 Å². The minimum absolute atomic E-state index is 0.0513. The van der Waals surface area contributed by atoms with Gasteiger partial charge in [0, 0.05) is 27.7 Å². The molecule has 0 amide bonds. The van der Waals surface area contributed by atoms with Crippen molar-refractivity contribution in [3.05, 3.63) is 53.1 Å². The minimum atomic E-state index is -2.27. The Bertz CT molecular complexity index is 1480. The van der Waals surface area contributed by atoms with Crippen LogP contribution < -0.4 is 10.4 Å². The fourth-order valence-corrected chi connectivity index (χ4v) is 10.1. The highest BCUT2D eigenvalue weighted by Gasteiger charge is 2.79. The molecule has 2 N–H and O–H groups in total. The summed E-state index contributed by atoms with van der Waals surface area (Å²) < 4.78 is 39.3. The second-order valence-corrected chi connectivity index (χ2v) is 14.6. The van der Waals surface area contributed by atoms with Crippen LogP contribution in [-0.2, 0) is 24.0 Å². The number of nitrogens with one attached hydrogen (secondary N) is 1. The molecule has 9 atom stereocenters. The predicted molar refractivity (Wildman–Crippen MR) is 162 cm³/mol. The Kier molecular flexibility index (Phi) is 7.35. The van der Waals surface area contributed by atoms with Gasteiger partial charge in [0.05, 0.1) is 24.3 Å². The molecule has 3 saturated carbocycles. The number of alkyl halides is 2. The number of hydrogen-bond donors (Lipinski definition) is 2. The zero-order chi connectivity index (χ0) is 31.9. The number of aliphatic hydroxyl groups is 1. The molecule has 0 aromatic heterocycles. The number of Topliss-reactive ketones (excluding diaryl/α,β-unsaturated/α-hetero) is 1. The molecule has 242 valence electrons.